The summed E-state index contributed by atoms with van der Waals surface area (Å²) in [7, 11) is -2.30. The van der Waals surface area contributed by atoms with Crippen LogP contribution in [0.1, 0.15) is 0 Å². The van der Waals surface area contributed by atoms with E-state index >= 15 is 0 Å². The molecule has 0 aliphatic heterocycles. The van der Waals surface area contributed by atoms with Crippen LogP contribution in [-0.4, -0.2) is 28.0 Å². The Morgan fingerprint density at radius 2 is 1.78 bits per heavy atom. The normalized spacial score (nSPS) is 11.0. The second-order valence-electron chi connectivity index (χ2n) is 4.53. The highest BCUT2D eigenvalue weighted by atomic mass is 35.5. The first-order valence-corrected chi connectivity index (χ1v) is 8.46. The zero-order chi connectivity index (χ0) is 16.9. The molecule has 0 heterocycles. The van der Waals surface area contributed by atoms with Gasteiger partial charge in [-0.2, -0.15) is 0 Å². The minimum Gasteiger partial charge on any atom is -0.497 e. The number of ether oxygens (including phenoxy) is 1. The zero-order valence-corrected chi connectivity index (χ0v) is 13.8. The van der Waals surface area contributed by atoms with Gasteiger partial charge in [-0.15, -0.1) is 0 Å². The molecular weight excluding hydrogens is 340 g/mol. The number of halogens is 1. The number of anilines is 1. The predicted molar refractivity (Wildman–Crippen MR) is 88.3 cm³/mol. The number of amides is 1. The average molecular weight is 355 g/mol. The van der Waals surface area contributed by atoms with Gasteiger partial charge in [0.2, 0.25) is 15.9 Å². The molecule has 1 amide bonds. The third-order valence-electron chi connectivity index (χ3n) is 2.94. The van der Waals surface area contributed by atoms with Crippen LogP contribution in [0.3, 0.4) is 0 Å². The number of para-hydroxylation sites is 1. The second kappa shape index (κ2) is 7.45. The molecule has 2 aromatic rings. The summed E-state index contributed by atoms with van der Waals surface area (Å²) in [4.78, 5) is 11.9. The summed E-state index contributed by atoms with van der Waals surface area (Å²) < 4.78 is 31.4. The molecule has 0 spiro atoms. The van der Waals surface area contributed by atoms with E-state index in [9.17, 15) is 13.2 Å². The van der Waals surface area contributed by atoms with Crippen LogP contribution in [0, 0.1) is 0 Å². The van der Waals surface area contributed by atoms with Crippen molar-refractivity contribution in [3.63, 3.8) is 0 Å². The van der Waals surface area contributed by atoms with Gasteiger partial charge in [0.25, 0.3) is 0 Å². The highest BCUT2D eigenvalue weighted by Crippen LogP contribution is 2.20. The number of methoxy groups -OCH3 is 1. The fourth-order valence-electron chi connectivity index (χ4n) is 1.76. The van der Waals surface area contributed by atoms with Crippen molar-refractivity contribution in [1.82, 2.24) is 4.72 Å². The van der Waals surface area contributed by atoms with Crippen LogP contribution in [0.25, 0.3) is 0 Å². The molecule has 0 aliphatic carbocycles. The van der Waals surface area contributed by atoms with Crippen molar-refractivity contribution in [2.75, 3.05) is 19.0 Å². The fraction of sp³-hybridized carbons (Fsp3) is 0.133. The van der Waals surface area contributed by atoms with Crippen LogP contribution < -0.4 is 14.8 Å². The summed E-state index contributed by atoms with van der Waals surface area (Å²) in [6.07, 6.45) is 0. The minimum atomic E-state index is -3.78. The molecule has 0 fully saturated rings. The lowest BCUT2D eigenvalue weighted by atomic mass is 10.3. The van der Waals surface area contributed by atoms with Crippen molar-refractivity contribution in [3.05, 3.63) is 53.6 Å². The molecule has 0 saturated heterocycles. The van der Waals surface area contributed by atoms with Gasteiger partial charge in [-0.05, 0) is 36.4 Å². The standard InChI is InChI=1S/C15H15ClN2O4S/c1-22-11-6-8-12(9-7-11)23(20,21)17-10-15(19)18-14-5-3-2-4-13(14)16/h2-9,17H,10H2,1H3,(H,18,19). The predicted octanol–water partition coefficient (Wildman–Crippen LogP) is 2.27. The highest BCUT2D eigenvalue weighted by Gasteiger charge is 2.16. The number of nitrogens with one attached hydrogen (secondary N) is 2. The Labute approximate surface area is 139 Å². The smallest absolute Gasteiger partial charge is 0.241 e. The lowest BCUT2D eigenvalue weighted by molar-refractivity contribution is -0.115. The highest BCUT2D eigenvalue weighted by molar-refractivity contribution is 7.89. The lowest BCUT2D eigenvalue weighted by Gasteiger charge is -2.09. The SMILES string of the molecule is COc1ccc(S(=O)(=O)NCC(=O)Nc2ccccc2Cl)cc1. The number of carbonyl (C=O) groups is 1. The van der Waals surface area contributed by atoms with Gasteiger partial charge in [-0.1, -0.05) is 23.7 Å². The number of hydrogen-bond acceptors (Lipinski definition) is 4. The maximum atomic E-state index is 12.1. The molecule has 0 bridgehead atoms. The summed E-state index contributed by atoms with van der Waals surface area (Å²) in [5.74, 6) is 0.0237. The van der Waals surface area contributed by atoms with Crippen molar-refractivity contribution >= 4 is 33.2 Å². The summed E-state index contributed by atoms with van der Waals surface area (Å²) in [6, 6.07) is 12.5. The van der Waals surface area contributed by atoms with Gasteiger partial charge in [0.1, 0.15) is 5.75 Å². The van der Waals surface area contributed by atoms with Crippen LogP contribution in [0.4, 0.5) is 5.69 Å². The van der Waals surface area contributed by atoms with E-state index in [-0.39, 0.29) is 4.90 Å². The molecule has 2 rings (SSSR count). The van der Waals surface area contributed by atoms with Gasteiger partial charge < -0.3 is 10.1 Å². The summed E-state index contributed by atoms with van der Waals surface area (Å²) >= 11 is 5.92. The monoisotopic (exact) mass is 354 g/mol. The molecule has 0 aromatic heterocycles. The summed E-state index contributed by atoms with van der Waals surface area (Å²) in [5.41, 5.74) is 0.419. The van der Waals surface area contributed by atoms with Crippen molar-refractivity contribution in [2.24, 2.45) is 0 Å². The Kier molecular flexibility index (Phi) is 5.59. The second-order valence-corrected chi connectivity index (χ2v) is 6.70. The van der Waals surface area contributed by atoms with Gasteiger partial charge in [-0.25, -0.2) is 13.1 Å². The molecule has 0 atom stereocenters. The number of carbonyl (C=O) groups excluding carboxylic acids is 1. The number of sulfonamides is 1. The molecule has 0 radical (unpaired) electrons. The van der Waals surface area contributed by atoms with E-state index in [1.807, 2.05) is 0 Å². The van der Waals surface area contributed by atoms with E-state index in [2.05, 4.69) is 10.0 Å². The Balaban J connectivity index is 1.98. The number of rotatable bonds is 6. The Hall–Kier alpha value is -2.09. The van der Waals surface area contributed by atoms with Crippen LogP contribution >= 0.6 is 11.6 Å². The number of benzene rings is 2. The van der Waals surface area contributed by atoms with Crippen molar-refractivity contribution in [2.45, 2.75) is 4.90 Å². The van der Waals surface area contributed by atoms with Gasteiger partial charge >= 0.3 is 0 Å². The molecule has 0 saturated carbocycles. The van der Waals surface area contributed by atoms with Crippen molar-refractivity contribution in [1.29, 1.82) is 0 Å². The quantitative estimate of drug-likeness (QED) is 0.833. The molecule has 2 N–H and O–H groups in total. The van der Waals surface area contributed by atoms with E-state index < -0.39 is 22.5 Å². The molecular formula is C15H15ClN2O4S. The lowest BCUT2D eigenvalue weighted by Crippen LogP contribution is -2.32. The third-order valence-corrected chi connectivity index (χ3v) is 4.69. The molecule has 6 nitrogen and oxygen atoms in total. The largest absolute Gasteiger partial charge is 0.497 e. The summed E-state index contributed by atoms with van der Waals surface area (Å²) in [5, 5.41) is 2.91. The average Bonchev–Trinajstić information content (AvgIpc) is 2.55. The molecule has 122 valence electrons. The molecule has 2 aromatic carbocycles. The van der Waals surface area contributed by atoms with Crippen LogP contribution in [0.15, 0.2) is 53.4 Å². The number of hydrogen-bond donors (Lipinski definition) is 2. The van der Waals surface area contributed by atoms with Crippen LogP contribution in [-0.2, 0) is 14.8 Å². The minimum absolute atomic E-state index is 0.0452. The van der Waals surface area contributed by atoms with E-state index in [0.717, 1.165) is 0 Å². The molecule has 0 unspecified atom stereocenters. The summed E-state index contributed by atoms with van der Waals surface area (Å²) in [6.45, 7) is -0.403. The molecule has 0 aliphatic rings. The van der Waals surface area contributed by atoms with Gasteiger partial charge in [0.15, 0.2) is 0 Å². The van der Waals surface area contributed by atoms with Crippen molar-refractivity contribution < 1.29 is 17.9 Å². The van der Waals surface area contributed by atoms with Gasteiger partial charge in [0, 0.05) is 0 Å². The first-order valence-electron chi connectivity index (χ1n) is 6.60. The first-order chi connectivity index (χ1) is 10.9. The van der Waals surface area contributed by atoms with Crippen LogP contribution in [0.5, 0.6) is 5.75 Å². The molecule has 8 heteroatoms. The fourth-order valence-corrected chi connectivity index (χ4v) is 2.92. The van der Waals surface area contributed by atoms with Gasteiger partial charge in [-0.3, -0.25) is 4.79 Å². The Bertz CT molecular complexity index is 791. The van der Waals surface area contributed by atoms with E-state index in [1.54, 1.807) is 24.3 Å². The van der Waals surface area contributed by atoms with Gasteiger partial charge in [0.05, 0.1) is 29.3 Å². The van der Waals surface area contributed by atoms with E-state index in [4.69, 9.17) is 16.3 Å². The Morgan fingerprint density at radius 1 is 1.13 bits per heavy atom. The Morgan fingerprint density at radius 3 is 2.39 bits per heavy atom. The van der Waals surface area contributed by atoms with E-state index in [1.165, 1.54) is 31.4 Å². The zero-order valence-electron chi connectivity index (χ0n) is 12.2. The van der Waals surface area contributed by atoms with E-state index in [0.29, 0.717) is 16.5 Å². The first kappa shape index (κ1) is 17.3. The molecule has 23 heavy (non-hydrogen) atoms. The third kappa shape index (κ3) is 4.69. The van der Waals surface area contributed by atoms with Crippen LogP contribution in [0.2, 0.25) is 5.02 Å². The maximum Gasteiger partial charge on any atom is 0.241 e. The van der Waals surface area contributed by atoms with Crippen molar-refractivity contribution in [3.8, 4) is 5.75 Å². The maximum absolute atomic E-state index is 12.1. The topological polar surface area (TPSA) is 84.5 Å².